The Morgan fingerprint density at radius 1 is 0.870 bits per heavy atom. The molecule has 2 nitrogen and oxygen atoms in total. The van der Waals surface area contributed by atoms with Gasteiger partial charge in [0.2, 0.25) is 0 Å². The first-order chi connectivity index (χ1) is 11.3. The zero-order valence-corrected chi connectivity index (χ0v) is 14.0. The summed E-state index contributed by atoms with van der Waals surface area (Å²) in [6, 6.07) is 20.4. The van der Waals surface area contributed by atoms with Gasteiger partial charge in [0.25, 0.3) is 0 Å². The molecule has 0 spiro atoms. The summed E-state index contributed by atoms with van der Waals surface area (Å²) in [4.78, 5) is 4.63. The molecule has 2 heteroatoms. The van der Waals surface area contributed by atoms with Crippen molar-refractivity contribution in [2.24, 2.45) is 16.8 Å². The predicted octanol–water partition coefficient (Wildman–Crippen LogP) is 6.07. The van der Waals surface area contributed by atoms with Crippen LogP contribution in [-0.4, -0.2) is 6.21 Å². The third kappa shape index (κ3) is 5.74. The number of rotatable bonds is 8. The number of benzene rings is 2. The molecule has 0 saturated carbocycles. The van der Waals surface area contributed by atoms with Crippen molar-refractivity contribution in [1.82, 2.24) is 0 Å². The molecule has 0 aromatic heterocycles. The summed E-state index contributed by atoms with van der Waals surface area (Å²) >= 11 is 0. The highest BCUT2D eigenvalue weighted by atomic mass is 14.8. The van der Waals surface area contributed by atoms with Gasteiger partial charge in [0, 0.05) is 17.8 Å². The Morgan fingerprint density at radius 3 is 2.09 bits per heavy atom. The van der Waals surface area contributed by atoms with Gasteiger partial charge in [-0.15, -0.1) is 0 Å². The van der Waals surface area contributed by atoms with Crippen molar-refractivity contribution in [2.45, 2.75) is 26.7 Å². The lowest BCUT2D eigenvalue weighted by Gasteiger charge is -2.18. The molecule has 2 aromatic carbocycles. The Kier molecular flexibility index (Phi) is 7.12. The van der Waals surface area contributed by atoms with Crippen molar-refractivity contribution in [3.05, 3.63) is 72.9 Å². The van der Waals surface area contributed by atoms with Gasteiger partial charge in [0.1, 0.15) is 0 Å². The maximum absolute atomic E-state index is 4.63. The highest BCUT2D eigenvalue weighted by Gasteiger charge is 2.13. The van der Waals surface area contributed by atoms with Crippen LogP contribution in [0.15, 0.2) is 77.9 Å². The van der Waals surface area contributed by atoms with E-state index in [1.807, 2.05) is 48.5 Å². The molecular weight excluding hydrogens is 280 g/mol. The van der Waals surface area contributed by atoms with Crippen LogP contribution in [0.5, 0.6) is 0 Å². The average molecular weight is 306 g/mol. The third-order valence-electron chi connectivity index (χ3n) is 4.03. The molecule has 23 heavy (non-hydrogen) atoms. The van der Waals surface area contributed by atoms with E-state index < -0.39 is 0 Å². The molecule has 2 atom stereocenters. The van der Waals surface area contributed by atoms with Gasteiger partial charge in [-0.1, -0.05) is 56.3 Å². The fourth-order valence-electron chi connectivity index (χ4n) is 2.60. The first-order valence-corrected chi connectivity index (χ1v) is 8.41. The van der Waals surface area contributed by atoms with E-state index in [1.165, 1.54) is 0 Å². The second-order valence-electron chi connectivity index (χ2n) is 5.63. The van der Waals surface area contributed by atoms with Crippen LogP contribution in [0.2, 0.25) is 0 Å². The lowest BCUT2D eigenvalue weighted by atomic mass is 9.89. The summed E-state index contributed by atoms with van der Waals surface area (Å²) in [5.41, 5.74) is 2.14. The number of hydrogen-bond acceptors (Lipinski definition) is 2. The van der Waals surface area contributed by atoms with Gasteiger partial charge in [-0.05, 0) is 49.2 Å². The Balaban J connectivity index is 1.97. The van der Waals surface area contributed by atoms with Crippen LogP contribution in [0.25, 0.3) is 0 Å². The zero-order valence-electron chi connectivity index (χ0n) is 14.0. The van der Waals surface area contributed by atoms with Gasteiger partial charge in [-0.3, -0.25) is 4.99 Å². The molecule has 0 aliphatic heterocycles. The summed E-state index contributed by atoms with van der Waals surface area (Å²) in [7, 11) is 0. The third-order valence-corrected chi connectivity index (χ3v) is 4.03. The van der Waals surface area contributed by atoms with Crippen molar-refractivity contribution >= 4 is 17.6 Å². The van der Waals surface area contributed by atoms with E-state index in [-0.39, 0.29) is 0 Å². The van der Waals surface area contributed by atoms with E-state index in [1.54, 1.807) is 0 Å². The number of nitrogens with zero attached hydrogens (tertiary/aromatic N) is 1. The number of para-hydroxylation sites is 2. The Labute approximate surface area is 140 Å². The quantitative estimate of drug-likeness (QED) is 0.588. The topological polar surface area (TPSA) is 24.4 Å². The summed E-state index contributed by atoms with van der Waals surface area (Å²) < 4.78 is 0. The monoisotopic (exact) mass is 306 g/mol. The van der Waals surface area contributed by atoms with Crippen LogP contribution < -0.4 is 5.32 Å². The first-order valence-electron chi connectivity index (χ1n) is 8.41. The van der Waals surface area contributed by atoms with E-state index in [9.17, 15) is 0 Å². The highest BCUT2D eigenvalue weighted by Crippen LogP contribution is 2.21. The number of hydrogen-bond donors (Lipinski definition) is 1. The second-order valence-corrected chi connectivity index (χ2v) is 5.63. The number of anilines is 1. The minimum Gasteiger partial charge on any atom is -0.362 e. The van der Waals surface area contributed by atoms with E-state index in [4.69, 9.17) is 0 Å². The maximum Gasteiger partial charge on any atom is 0.0625 e. The summed E-state index contributed by atoms with van der Waals surface area (Å²) in [5.74, 6) is 0.942. The molecule has 0 amide bonds. The largest absolute Gasteiger partial charge is 0.362 e. The summed E-state index contributed by atoms with van der Waals surface area (Å²) in [6.45, 7) is 4.46. The minimum absolute atomic E-state index is 0.453. The molecule has 0 radical (unpaired) electrons. The van der Waals surface area contributed by atoms with Gasteiger partial charge >= 0.3 is 0 Å². The predicted molar refractivity (Wildman–Crippen MR) is 101 cm³/mol. The smallest absolute Gasteiger partial charge is 0.0625 e. The Morgan fingerprint density at radius 2 is 1.48 bits per heavy atom. The second kappa shape index (κ2) is 9.62. The van der Waals surface area contributed by atoms with Crippen molar-refractivity contribution in [1.29, 1.82) is 0 Å². The maximum atomic E-state index is 4.63. The van der Waals surface area contributed by atoms with E-state index >= 15 is 0 Å². The van der Waals surface area contributed by atoms with Gasteiger partial charge in [-0.25, -0.2) is 0 Å². The number of aliphatic imine (C=N–C) groups is 1. The van der Waals surface area contributed by atoms with Crippen molar-refractivity contribution in [3.63, 3.8) is 0 Å². The lowest BCUT2D eigenvalue weighted by molar-refractivity contribution is 0.483. The van der Waals surface area contributed by atoms with Gasteiger partial charge in [0.15, 0.2) is 0 Å². The van der Waals surface area contributed by atoms with Crippen molar-refractivity contribution in [2.75, 3.05) is 5.32 Å². The molecule has 0 aliphatic carbocycles. The number of nitrogens with one attached hydrogen (secondary N) is 1. The lowest BCUT2D eigenvalue weighted by Crippen LogP contribution is -2.13. The van der Waals surface area contributed by atoms with E-state index in [0.717, 1.165) is 24.2 Å². The molecule has 0 heterocycles. The van der Waals surface area contributed by atoms with Gasteiger partial charge < -0.3 is 5.32 Å². The average Bonchev–Trinajstić information content (AvgIpc) is 2.62. The summed E-state index contributed by atoms with van der Waals surface area (Å²) in [5, 5.41) is 3.34. The van der Waals surface area contributed by atoms with Crippen LogP contribution in [0, 0.1) is 11.8 Å². The molecule has 1 N–H and O–H groups in total. The van der Waals surface area contributed by atoms with Crippen molar-refractivity contribution in [3.8, 4) is 0 Å². The Bertz CT molecular complexity index is 602. The van der Waals surface area contributed by atoms with Crippen LogP contribution in [0.1, 0.15) is 26.7 Å². The fourth-order valence-corrected chi connectivity index (χ4v) is 2.60. The molecule has 2 aromatic rings. The Hall–Kier alpha value is -2.35. The normalized spacial score (nSPS) is 14.2. The van der Waals surface area contributed by atoms with Crippen molar-refractivity contribution < 1.29 is 0 Å². The molecule has 2 unspecified atom stereocenters. The fraction of sp³-hybridized carbons (Fsp3) is 0.286. The van der Waals surface area contributed by atoms with E-state index in [0.29, 0.717) is 11.8 Å². The van der Waals surface area contributed by atoms with Crippen LogP contribution in [0.4, 0.5) is 11.4 Å². The highest BCUT2D eigenvalue weighted by molar-refractivity contribution is 5.66. The molecular formula is C21H26N2. The van der Waals surface area contributed by atoms with Crippen LogP contribution >= 0.6 is 0 Å². The number of allylic oxidation sites excluding steroid dienone is 1. The minimum atomic E-state index is 0.453. The van der Waals surface area contributed by atoms with Gasteiger partial charge in [-0.2, -0.15) is 0 Å². The standard InChI is InChI=1S/C21H26N2/c1-3-18(15-16-22-20-11-7-5-8-12-20)19(4-2)17-23-21-13-9-6-10-14-21/h5-19,22H,3-4H2,1-2H3. The molecule has 0 fully saturated rings. The van der Waals surface area contributed by atoms with Gasteiger partial charge in [0.05, 0.1) is 5.69 Å². The summed E-state index contributed by atoms with van der Waals surface area (Å²) in [6.07, 6.45) is 8.62. The molecule has 0 bridgehead atoms. The molecule has 0 saturated heterocycles. The van der Waals surface area contributed by atoms with E-state index in [2.05, 4.69) is 54.8 Å². The zero-order chi connectivity index (χ0) is 16.3. The first kappa shape index (κ1) is 17.0. The van der Waals surface area contributed by atoms with Crippen LogP contribution in [0.3, 0.4) is 0 Å². The van der Waals surface area contributed by atoms with Crippen LogP contribution in [-0.2, 0) is 0 Å². The SMILES string of the molecule is CCC(C=CNc1ccccc1)C(C=Nc1ccccc1)CC. The molecule has 2 rings (SSSR count). The molecule has 0 aliphatic rings. The molecule has 120 valence electrons.